The van der Waals surface area contributed by atoms with Gasteiger partial charge in [0, 0.05) is 24.1 Å². The molecule has 0 aliphatic carbocycles. The number of nitrogens with one attached hydrogen (secondary N) is 1. The number of aliphatic hydroxyl groups is 1. The molecule has 9 nitrogen and oxygen atoms in total. The Kier molecular flexibility index (Phi) is 6.26. The van der Waals surface area contributed by atoms with Crippen LogP contribution < -0.4 is 11.2 Å². The first-order valence-electron chi connectivity index (χ1n) is 7.82. The number of hydrogen-bond acceptors (Lipinski definition) is 7. The number of halogens is 1. The molecule has 2 rings (SSSR count). The number of H-pyrrole nitrogens is 1. The summed E-state index contributed by atoms with van der Waals surface area (Å²) in [5.41, 5.74) is -1.61. The zero-order chi connectivity index (χ0) is 18.7. The van der Waals surface area contributed by atoms with Gasteiger partial charge in [0.05, 0.1) is 6.10 Å². The summed E-state index contributed by atoms with van der Waals surface area (Å²) < 4.78 is 16.5. The standard InChI is InChI=1S/C15H21ClN2O7/c1-7(2)12(16)25-15(22)23-6-10-9(19)4-11(24-10)18-5-8(3)13(20)17-14(18)21/h5,7,9-12,19H,4,6H2,1-3H3,(H,17,20,21)/t9-,10+,11+,12?/m0/s1. The monoisotopic (exact) mass is 376 g/mol. The molecule has 0 radical (unpaired) electrons. The van der Waals surface area contributed by atoms with Gasteiger partial charge in [-0.3, -0.25) is 14.3 Å². The number of hydrogen-bond donors (Lipinski definition) is 2. The van der Waals surface area contributed by atoms with Gasteiger partial charge in [0.15, 0.2) is 5.56 Å². The van der Waals surface area contributed by atoms with Crippen LogP contribution in [0.2, 0.25) is 0 Å². The van der Waals surface area contributed by atoms with E-state index in [9.17, 15) is 19.5 Å². The van der Waals surface area contributed by atoms with Crippen molar-refractivity contribution in [3.8, 4) is 0 Å². The molecule has 2 N–H and O–H groups in total. The predicted molar refractivity (Wildman–Crippen MR) is 87.5 cm³/mol. The molecule has 0 spiro atoms. The lowest BCUT2D eigenvalue weighted by Crippen LogP contribution is -2.33. The van der Waals surface area contributed by atoms with Gasteiger partial charge in [-0.2, -0.15) is 0 Å². The van der Waals surface area contributed by atoms with Crippen LogP contribution in [-0.2, 0) is 14.2 Å². The molecule has 1 aromatic rings. The van der Waals surface area contributed by atoms with Crippen LogP contribution in [-0.4, -0.2) is 45.2 Å². The average Bonchev–Trinajstić information content (AvgIpc) is 2.89. The van der Waals surface area contributed by atoms with Gasteiger partial charge in [-0.15, -0.1) is 0 Å². The second-order valence-corrected chi connectivity index (χ2v) is 6.62. The SMILES string of the molecule is Cc1cn([C@H]2C[C@H](O)[C@@H](COC(=O)OC(Cl)C(C)C)O2)c(=O)[nH]c1=O. The van der Waals surface area contributed by atoms with Crippen molar-refractivity contribution in [3.63, 3.8) is 0 Å². The van der Waals surface area contributed by atoms with E-state index >= 15 is 0 Å². The van der Waals surface area contributed by atoms with Gasteiger partial charge < -0.3 is 19.3 Å². The first-order valence-corrected chi connectivity index (χ1v) is 8.25. The van der Waals surface area contributed by atoms with Crippen LogP contribution >= 0.6 is 11.6 Å². The third-order valence-corrected chi connectivity index (χ3v) is 4.35. The van der Waals surface area contributed by atoms with E-state index in [0.29, 0.717) is 5.56 Å². The van der Waals surface area contributed by atoms with Crippen molar-refractivity contribution in [1.82, 2.24) is 9.55 Å². The summed E-state index contributed by atoms with van der Waals surface area (Å²) in [5, 5.41) is 10.0. The van der Waals surface area contributed by atoms with E-state index in [0.717, 1.165) is 0 Å². The first-order chi connectivity index (χ1) is 11.7. The number of aryl methyl sites for hydroxylation is 1. The van der Waals surface area contributed by atoms with E-state index in [1.807, 2.05) is 0 Å². The summed E-state index contributed by atoms with van der Waals surface area (Å²) >= 11 is 5.81. The molecule has 2 heterocycles. The molecule has 25 heavy (non-hydrogen) atoms. The van der Waals surface area contributed by atoms with Gasteiger partial charge in [-0.1, -0.05) is 25.4 Å². The number of nitrogens with zero attached hydrogens (tertiary/aromatic N) is 1. The maximum Gasteiger partial charge on any atom is 0.509 e. The quantitative estimate of drug-likeness (QED) is 0.577. The molecule has 10 heteroatoms. The molecule has 140 valence electrons. The lowest BCUT2D eigenvalue weighted by atomic mass is 10.2. The normalized spacial score (nSPS) is 24.3. The Morgan fingerprint density at radius 2 is 2.20 bits per heavy atom. The third-order valence-electron chi connectivity index (χ3n) is 3.76. The van der Waals surface area contributed by atoms with Gasteiger partial charge in [0.2, 0.25) is 0 Å². The Balaban J connectivity index is 1.96. The summed E-state index contributed by atoms with van der Waals surface area (Å²) in [6.45, 7) is 4.86. The maximum absolute atomic E-state index is 11.9. The van der Waals surface area contributed by atoms with Crippen LogP contribution in [0.4, 0.5) is 4.79 Å². The highest BCUT2D eigenvalue weighted by molar-refractivity contribution is 6.20. The molecule has 0 amide bonds. The predicted octanol–water partition coefficient (Wildman–Crippen LogP) is 0.868. The van der Waals surface area contributed by atoms with Crippen LogP contribution in [0.25, 0.3) is 0 Å². The Hall–Kier alpha value is -1.84. The lowest BCUT2D eigenvalue weighted by Gasteiger charge is -2.18. The Bertz CT molecular complexity index is 729. The Labute approximate surface area is 148 Å². The molecule has 1 aliphatic heterocycles. The van der Waals surface area contributed by atoms with Crippen molar-refractivity contribution in [1.29, 1.82) is 0 Å². The highest BCUT2D eigenvalue weighted by Gasteiger charge is 2.36. The minimum atomic E-state index is -0.968. The number of rotatable bonds is 5. The summed E-state index contributed by atoms with van der Waals surface area (Å²) in [7, 11) is 0. The van der Waals surface area contributed by atoms with Crippen molar-refractivity contribution >= 4 is 17.8 Å². The Morgan fingerprint density at radius 3 is 2.84 bits per heavy atom. The third kappa shape index (κ3) is 4.83. The lowest BCUT2D eigenvalue weighted by molar-refractivity contribution is -0.0613. The largest absolute Gasteiger partial charge is 0.509 e. The first kappa shape index (κ1) is 19.5. The molecule has 1 fully saturated rings. The van der Waals surface area contributed by atoms with Crippen LogP contribution in [0, 0.1) is 12.8 Å². The molecular formula is C15H21ClN2O7. The van der Waals surface area contributed by atoms with Gasteiger partial charge >= 0.3 is 11.8 Å². The highest BCUT2D eigenvalue weighted by atomic mass is 35.5. The van der Waals surface area contributed by atoms with Crippen molar-refractivity contribution in [2.45, 2.75) is 51.2 Å². The van der Waals surface area contributed by atoms with Gasteiger partial charge in [0.1, 0.15) is 18.9 Å². The van der Waals surface area contributed by atoms with E-state index in [1.54, 1.807) is 20.8 Å². The van der Waals surface area contributed by atoms with Crippen LogP contribution in [0.5, 0.6) is 0 Å². The number of aromatic nitrogens is 2. The summed E-state index contributed by atoms with van der Waals surface area (Å²) in [6.07, 6.45) is -2.06. The smallest absolute Gasteiger partial charge is 0.431 e. The number of carbonyl (C=O) groups excluding carboxylic acids is 1. The maximum atomic E-state index is 11.9. The molecular weight excluding hydrogens is 356 g/mol. The highest BCUT2D eigenvalue weighted by Crippen LogP contribution is 2.28. The summed E-state index contributed by atoms with van der Waals surface area (Å²) in [6, 6.07) is 0. The number of aromatic amines is 1. The minimum Gasteiger partial charge on any atom is -0.431 e. The van der Waals surface area contributed by atoms with Crippen LogP contribution in [0.1, 0.15) is 32.1 Å². The van der Waals surface area contributed by atoms with E-state index in [2.05, 4.69) is 4.98 Å². The zero-order valence-corrected chi connectivity index (χ0v) is 14.9. The second-order valence-electron chi connectivity index (χ2n) is 6.18. The van der Waals surface area contributed by atoms with Crippen molar-refractivity contribution in [2.24, 2.45) is 5.92 Å². The van der Waals surface area contributed by atoms with E-state index < -0.39 is 41.4 Å². The molecule has 0 saturated carbocycles. The number of carbonyl (C=O) groups is 1. The van der Waals surface area contributed by atoms with Gasteiger partial charge in [0.25, 0.3) is 5.56 Å². The number of alkyl halides is 1. The van der Waals surface area contributed by atoms with Crippen LogP contribution in [0.15, 0.2) is 15.8 Å². The van der Waals surface area contributed by atoms with Crippen molar-refractivity contribution in [2.75, 3.05) is 6.61 Å². The van der Waals surface area contributed by atoms with E-state index in [4.69, 9.17) is 25.8 Å². The van der Waals surface area contributed by atoms with Crippen LogP contribution in [0.3, 0.4) is 0 Å². The Morgan fingerprint density at radius 1 is 1.52 bits per heavy atom. The fraction of sp³-hybridized carbons (Fsp3) is 0.667. The topological polar surface area (TPSA) is 120 Å². The molecule has 1 unspecified atom stereocenters. The second kappa shape index (κ2) is 8.03. The fourth-order valence-corrected chi connectivity index (χ4v) is 2.32. The average molecular weight is 377 g/mol. The molecule has 4 atom stereocenters. The summed E-state index contributed by atoms with van der Waals surface area (Å²) in [5.74, 6) is -0.0812. The van der Waals surface area contributed by atoms with Crippen molar-refractivity contribution in [3.05, 3.63) is 32.6 Å². The molecule has 1 aromatic heterocycles. The molecule has 1 aliphatic rings. The molecule has 1 saturated heterocycles. The van der Waals surface area contributed by atoms with E-state index in [1.165, 1.54) is 10.8 Å². The summed E-state index contributed by atoms with van der Waals surface area (Å²) in [4.78, 5) is 37.0. The van der Waals surface area contributed by atoms with Gasteiger partial charge in [-0.05, 0) is 6.92 Å². The minimum absolute atomic E-state index is 0.0812. The fourth-order valence-electron chi connectivity index (χ4n) is 2.25. The number of aliphatic hydroxyl groups excluding tert-OH is 1. The molecule has 0 bridgehead atoms. The number of ether oxygens (including phenoxy) is 3. The van der Waals surface area contributed by atoms with E-state index in [-0.39, 0.29) is 18.9 Å². The van der Waals surface area contributed by atoms with Gasteiger partial charge in [-0.25, -0.2) is 9.59 Å². The zero-order valence-electron chi connectivity index (χ0n) is 14.1. The molecule has 0 aromatic carbocycles. The van der Waals surface area contributed by atoms with Crippen molar-refractivity contribution < 1.29 is 24.1 Å².